The molecule has 9 heteroatoms. The molecular weight excluding hydrogens is 388 g/mol. The molecule has 0 aliphatic rings. The van der Waals surface area contributed by atoms with Crippen LogP contribution in [0, 0.1) is 0 Å². The molecule has 27 heavy (non-hydrogen) atoms. The maximum atomic E-state index is 12.0. The molecule has 3 rings (SSSR count). The third kappa shape index (κ3) is 5.90. The predicted octanol–water partition coefficient (Wildman–Crippen LogP) is 3.78. The van der Waals surface area contributed by atoms with Crippen LogP contribution in [0.3, 0.4) is 0 Å². The molecule has 0 aliphatic heterocycles. The van der Waals surface area contributed by atoms with Crippen molar-refractivity contribution in [1.82, 2.24) is 15.2 Å². The molecule has 0 aliphatic carbocycles. The minimum absolute atomic E-state index is 0.145. The molecule has 3 aromatic rings. The minimum atomic E-state index is -0.145. The van der Waals surface area contributed by atoms with Crippen LogP contribution in [-0.2, 0) is 11.4 Å². The summed E-state index contributed by atoms with van der Waals surface area (Å²) in [5.41, 5.74) is 0.702. The summed E-state index contributed by atoms with van der Waals surface area (Å²) in [6, 6.07) is 14.2. The Hall–Kier alpha value is -2.71. The summed E-state index contributed by atoms with van der Waals surface area (Å²) in [5.74, 6) is 2.04. The van der Waals surface area contributed by atoms with Gasteiger partial charge in [-0.1, -0.05) is 23.4 Å². The van der Waals surface area contributed by atoms with Gasteiger partial charge in [-0.15, -0.1) is 5.10 Å². The van der Waals surface area contributed by atoms with Gasteiger partial charge in [-0.05, 0) is 48.5 Å². The summed E-state index contributed by atoms with van der Waals surface area (Å²) in [5, 5.41) is 10.8. The summed E-state index contributed by atoms with van der Waals surface area (Å²) < 4.78 is 10.7. The Bertz CT molecular complexity index is 884. The molecule has 2 N–H and O–H groups in total. The van der Waals surface area contributed by atoms with Gasteiger partial charge < -0.3 is 14.8 Å². The zero-order valence-electron chi connectivity index (χ0n) is 14.4. The van der Waals surface area contributed by atoms with Crippen molar-refractivity contribution in [2.45, 2.75) is 11.8 Å². The van der Waals surface area contributed by atoms with Crippen molar-refractivity contribution in [3.05, 3.63) is 59.4 Å². The van der Waals surface area contributed by atoms with Gasteiger partial charge in [0.15, 0.2) is 5.82 Å². The SMILES string of the molecule is COc1ccc(NC(=O)CSc2n[nH]c(COc3ccc(Cl)cc3)n2)cc1. The first-order valence-electron chi connectivity index (χ1n) is 7.99. The zero-order valence-corrected chi connectivity index (χ0v) is 16.0. The van der Waals surface area contributed by atoms with Crippen molar-refractivity contribution in [3.8, 4) is 11.5 Å². The van der Waals surface area contributed by atoms with E-state index in [1.807, 2.05) is 0 Å². The van der Waals surface area contributed by atoms with Crippen molar-refractivity contribution < 1.29 is 14.3 Å². The number of carbonyl (C=O) groups is 1. The van der Waals surface area contributed by atoms with E-state index < -0.39 is 0 Å². The maximum Gasteiger partial charge on any atom is 0.234 e. The number of hydrogen-bond donors (Lipinski definition) is 2. The van der Waals surface area contributed by atoms with Gasteiger partial charge in [-0.25, -0.2) is 4.98 Å². The highest BCUT2D eigenvalue weighted by molar-refractivity contribution is 7.99. The number of anilines is 1. The summed E-state index contributed by atoms with van der Waals surface area (Å²) in [4.78, 5) is 16.3. The maximum absolute atomic E-state index is 12.0. The van der Waals surface area contributed by atoms with E-state index in [1.54, 1.807) is 55.6 Å². The molecule has 1 amide bonds. The van der Waals surface area contributed by atoms with Crippen LogP contribution in [0.2, 0.25) is 5.02 Å². The molecule has 7 nitrogen and oxygen atoms in total. The second kappa shape index (κ2) is 9.29. The number of H-pyrrole nitrogens is 1. The van der Waals surface area contributed by atoms with Crippen molar-refractivity contribution in [2.75, 3.05) is 18.2 Å². The van der Waals surface area contributed by atoms with Crippen LogP contribution in [0.15, 0.2) is 53.7 Å². The lowest BCUT2D eigenvalue weighted by Crippen LogP contribution is -2.14. The highest BCUT2D eigenvalue weighted by Crippen LogP contribution is 2.18. The van der Waals surface area contributed by atoms with Crippen LogP contribution in [0.4, 0.5) is 5.69 Å². The quantitative estimate of drug-likeness (QED) is 0.555. The van der Waals surface area contributed by atoms with Crippen LogP contribution in [-0.4, -0.2) is 34.0 Å². The number of carbonyl (C=O) groups excluding carboxylic acids is 1. The molecule has 0 unspecified atom stereocenters. The molecule has 1 heterocycles. The Labute approximate surface area is 165 Å². The fourth-order valence-corrected chi connectivity index (χ4v) is 2.83. The smallest absolute Gasteiger partial charge is 0.234 e. The number of halogens is 1. The van der Waals surface area contributed by atoms with E-state index >= 15 is 0 Å². The molecule has 0 radical (unpaired) electrons. The largest absolute Gasteiger partial charge is 0.497 e. The lowest BCUT2D eigenvalue weighted by atomic mass is 10.3. The third-order valence-electron chi connectivity index (χ3n) is 3.41. The Balaban J connectivity index is 1.44. The molecule has 0 saturated heterocycles. The molecule has 0 fully saturated rings. The van der Waals surface area contributed by atoms with Gasteiger partial charge in [0.1, 0.15) is 18.1 Å². The average Bonchev–Trinajstić information content (AvgIpc) is 3.14. The second-order valence-electron chi connectivity index (χ2n) is 5.37. The zero-order chi connectivity index (χ0) is 19.1. The normalized spacial score (nSPS) is 10.4. The minimum Gasteiger partial charge on any atom is -0.497 e. The van der Waals surface area contributed by atoms with Gasteiger partial charge >= 0.3 is 0 Å². The molecule has 0 spiro atoms. The second-order valence-corrected chi connectivity index (χ2v) is 6.75. The number of methoxy groups -OCH3 is 1. The van der Waals surface area contributed by atoms with Gasteiger partial charge in [-0.2, -0.15) is 0 Å². The number of aromatic nitrogens is 3. The van der Waals surface area contributed by atoms with Crippen LogP contribution < -0.4 is 14.8 Å². The third-order valence-corrected chi connectivity index (χ3v) is 4.51. The average molecular weight is 405 g/mol. The van der Waals surface area contributed by atoms with Crippen LogP contribution >= 0.6 is 23.4 Å². The Morgan fingerprint density at radius 1 is 1.15 bits per heavy atom. The van der Waals surface area contributed by atoms with Crippen molar-refractivity contribution in [3.63, 3.8) is 0 Å². The first-order valence-corrected chi connectivity index (χ1v) is 9.35. The van der Waals surface area contributed by atoms with E-state index in [2.05, 4.69) is 20.5 Å². The number of ether oxygens (including phenoxy) is 2. The fourth-order valence-electron chi connectivity index (χ4n) is 2.09. The van der Waals surface area contributed by atoms with Crippen LogP contribution in [0.1, 0.15) is 5.82 Å². The number of nitrogens with zero attached hydrogens (tertiary/aromatic N) is 2. The van der Waals surface area contributed by atoms with E-state index in [9.17, 15) is 4.79 Å². The Morgan fingerprint density at radius 3 is 2.56 bits per heavy atom. The van der Waals surface area contributed by atoms with E-state index in [-0.39, 0.29) is 18.3 Å². The van der Waals surface area contributed by atoms with Gasteiger partial charge in [0.2, 0.25) is 11.1 Å². The molecule has 0 bridgehead atoms. The van der Waals surface area contributed by atoms with Gasteiger partial charge in [0, 0.05) is 10.7 Å². The number of aromatic amines is 1. The standard InChI is InChI=1S/C18H17ClN4O3S/c1-25-14-8-4-13(5-9-14)20-17(24)11-27-18-21-16(22-23-18)10-26-15-6-2-12(19)3-7-15/h2-9H,10-11H2,1H3,(H,20,24)(H,21,22,23). The molecule has 0 atom stereocenters. The lowest BCUT2D eigenvalue weighted by molar-refractivity contribution is -0.113. The molecule has 0 saturated carbocycles. The van der Waals surface area contributed by atoms with Gasteiger partial charge in [0.25, 0.3) is 0 Å². The highest BCUT2D eigenvalue weighted by Gasteiger charge is 2.09. The molecular formula is C18H17ClN4O3S. The monoisotopic (exact) mass is 404 g/mol. The van der Waals surface area contributed by atoms with E-state index in [0.29, 0.717) is 27.4 Å². The summed E-state index contributed by atoms with van der Waals surface area (Å²) in [6.45, 7) is 0.243. The van der Waals surface area contributed by atoms with Crippen molar-refractivity contribution in [2.24, 2.45) is 0 Å². The molecule has 140 valence electrons. The fraction of sp³-hybridized carbons (Fsp3) is 0.167. The Morgan fingerprint density at radius 2 is 1.85 bits per heavy atom. The van der Waals surface area contributed by atoms with Gasteiger partial charge in [0.05, 0.1) is 12.9 Å². The van der Waals surface area contributed by atoms with Gasteiger partial charge in [-0.3, -0.25) is 9.89 Å². The van der Waals surface area contributed by atoms with Crippen LogP contribution in [0.5, 0.6) is 11.5 Å². The number of benzene rings is 2. The first kappa shape index (κ1) is 19.1. The number of amides is 1. The topological polar surface area (TPSA) is 89.1 Å². The van der Waals surface area contributed by atoms with Crippen LogP contribution in [0.25, 0.3) is 0 Å². The van der Waals surface area contributed by atoms with Crippen molar-refractivity contribution in [1.29, 1.82) is 0 Å². The van der Waals surface area contributed by atoms with E-state index in [1.165, 1.54) is 11.8 Å². The highest BCUT2D eigenvalue weighted by atomic mass is 35.5. The summed E-state index contributed by atoms with van der Waals surface area (Å²) in [6.07, 6.45) is 0. The number of rotatable bonds is 8. The lowest BCUT2D eigenvalue weighted by Gasteiger charge is -2.05. The predicted molar refractivity (Wildman–Crippen MR) is 105 cm³/mol. The number of thioether (sulfide) groups is 1. The van der Waals surface area contributed by atoms with E-state index in [0.717, 1.165) is 5.75 Å². The summed E-state index contributed by atoms with van der Waals surface area (Å²) >= 11 is 7.07. The number of nitrogens with one attached hydrogen (secondary N) is 2. The molecule has 1 aromatic heterocycles. The summed E-state index contributed by atoms with van der Waals surface area (Å²) in [7, 11) is 1.59. The molecule has 2 aromatic carbocycles. The Kier molecular flexibility index (Phi) is 6.56. The number of hydrogen-bond acceptors (Lipinski definition) is 6. The van der Waals surface area contributed by atoms with E-state index in [4.69, 9.17) is 21.1 Å². The van der Waals surface area contributed by atoms with Crippen molar-refractivity contribution >= 4 is 35.0 Å². The first-order chi connectivity index (χ1) is 13.1.